The normalized spacial score (nSPS) is 15.1. The second-order valence-electron chi connectivity index (χ2n) is 6.40. The molecule has 2 N–H and O–H groups in total. The summed E-state index contributed by atoms with van der Waals surface area (Å²) in [6.07, 6.45) is 2.79. The molecule has 0 unspecified atom stereocenters. The Morgan fingerprint density at radius 1 is 1.33 bits per heavy atom. The number of nitrogens with one attached hydrogen (secondary N) is 2. The second-order valence-corrected chi connectivity index (χ2v) is 8.38. The molecule has 0 fully saturated rings. The van der Waals surface area contributed by atoms with Crippen LogP contribution in [0, 0.1) is 0 Å². The van der Waals surface area contributed by atoms with Gasteiger partial charge >= 0.3 is 6.03 Å². The smallest absolute Gasteiger partial charge is 0.321 e. The van der Waals surface area contributed by atoms with Gasteiger partial charge in [0.15, 0.2) is 5.01 Å². The first-order valence-corrected chi connectivity index (χ1v) is 10.5. The number of urea groups is 1. The van der Waals surface area contributed by atoms with Gasteiger partial charge < -0.3 is 5.32 Å². The summed E-state index contributed by atoms with van der Waals surface area (Å²) in [5.41, 5.74) is 2.16. The van der Waals surface area contributed by atoms with E-state index < -0.39 is 0 Å². The third-order valence-electron chi connectivity index (χ3n) is 4.55. The summed E-state index contributed by atoms with van der Waals surface area (Å²) >= 11 is 3.14. The van der Waals surface area contributed by atoms with Crippen LogP contribution in [0.4, 0.5) is 9.93 Å². The maximum atomic E-state index is 12.2. The number of nitrogens with zero attached hydrogens (tertiary/aromatic N) is 4. The third kappa shape index (κ3) is 4.32. The molecule has 4 rings (SSSR count). The number of fused-ring (bicyclic) bond motifs is 1. The monoisotopic (exact) mass is 400 g/mol. The van der Waals surface area contributed by atoms with Crippen molar-refractivity contribution in [2.75, 3.05) is 18.4 Å². The molecule has 3 aromatic rings. The van der Waals surface area contributed by atoms with Crippen molar-refractivity contribution < 1.29 is 4.79 Å². The van der Waals surface area contributed by atoms with Crippen molar-refractivity contribution in [3.63, 3.8) is 0 Å². The molecule has 9 heteroatoms. The van der Waals surface area contributed by atoms with Gasteiger partial charge in [-0.1, -0.05) is 17.4 Å². The molecule has 0 aliphatic carbocycles. The van der Waals surface area contributed by atoms with Gasteiger partial charge in [0.25, 0.3) is 0 Å². The van der Waals surface area contributed by atoms with Gasteiger partial charge in [-0.2, -0.15) is 0 Å². The third-order valence-corrected chi connectivity index (χ3v) is 6.43. The zero-order chi connectivity index (χ0) is 18.6. The van der Waals surface area contributed by atoms with Crippen molar-refractivity contribution in [1.29, 1.82) is 0 Å². The number of thiophene rings is 1. The maximum absolute atomic E-state index is 12.2. The van der Waals surface area contributed by atoms with Crippen LogP contribution in [0.5, 0.6) is 0 Å². The lowest BCUT2D eigenvalue weighted by Crippen LogP contribution is -2.45. The summed E-state index contributed by atoms with van der Waals surface area (Å²) in [5.74, 6) is 0. The highest BCUT2D eigenvalue weighted by Gasteiger charge is 2.21. The predicted molar refractivity (Wildman–Crippen MR) is 108 cm³/mol. The SMILES string of the molecule is C[C@@H](CNC(=O)Nc1nnc(-c2ccccn2)s1)N1CCc2sccc2C1. The van der Waals surface area contributed by atoms with E-state index in [-0.39, 0.29) is 12.1 Å². The van der Waals surface area contributed by atoms with Crippen molar-refractivity contribution in [1.82, 2.24) is 25.4 Å². The van der Waals surface area contributed by atoms with E-state index >= 15 is 0 Å². The van der Waals surface area contributed by atoms with Gasteiger partial charge in [-0.3, -0.25) is 15.2 Å². The number of carbonyl (C=O) groups is 1. The number of rotatable bonds is 5. The van der Waals surface area contributed by atoms with E-state index in [1.807, 2.05) is 29.5 Å². The van der Waals surface area contributed by atoms with Crippen molar-refractivity contribution in [2.24, 2.45) is 0 Å². The van der Waals surface area contributed by atoms with Gasteiger partial charge in [-0.05, 0) is 42.5 Å². The van der Waals surface area contributed by atoms with Crippen LogP contribution in [0.3, 0.4) is 0 Å². The highest BCUT2D eigenvalue weighted by molar-refractivity contribution is 7.18. The first-order valence-electron chi connectivity index (χ1n) is 8.78. The largest absolute Gasteiger partial charge is 0.336 e. The Kier molecular flexibility index (Phi) is 5.42. The van der Waals surface area contributed by atoms with Gasteiger partial charge in [-0.15, -0.1) is 21.5 Å². The number of amides is 2. The molecule has 0 aromatic carbocycles. The summed E-state index contributed by atoms with van der Waals surface area (Å²) in [7, 11) is 0. The number of aromatic nitrogens is 3. The molecule has 0 saturated heterocycles. The molecule has 2 amide bonds. The Hall–Kier alpha value is -2.36. The van der Waals surface area contributed by atoms with E-state index in [0.717, 1.165) is 25.2 Å². The lowest BCUT2D eigenvalue weighted by molar-refractivity contribution is 0.188. The number of pyridine rings is 1. The average Bonchev–Trinajstić information content (AvgIpc) is 3.35. The quantitative estimate of drug-likeness (QED) is 0.687. The Balaban J connectivity index is 1.27. The van der Waals surface area contributed by atoms with Crippen LogP contribution < -0.4 is 10.6 Å². The summed E-state index contributed by atoms with van der Waals surface area (Å²) in [6, 6.07) is 7.81. The summed E-state index contributed by atoms with van der Waals surface area (Å²) in [5, 5.41) is 17.1. The van der Waals surface area contributed by atoms with E-state index in [2.05, 4.69) is 49.1 Å². The minimum atomic E-state index is -0.265. The molecule has 7 nitrogen and oxygen atoms in total. The Morgan fingerprint density at radius 3 is 3.11 bits per heavy atom. The Labute approximate surface area is 165 Å². The van der Waals surface area contributed by atoms with E-state index in [4.69, 9.17) is 0 Å². The van der Waals surface area contributed by atoms with Gasteiger partial charge in [0.2, 0.25) is 5.13 Å². The summed E-state index contributed by atoms with van der Waals surface area (Å²) in [4.78, 5) is 20.3. The van der Waals surface area contributed by atoms with Crippen LogP contribution in [0.15, 0.2) is 35.8 Å². The van der Waals surface area contributed by atoms with Crippen LogP contribution in [0.2, 0.25) is 0 Å². The van der Waals surface area contributed by atoms with Crippen LogP contribution in [0.25, 0.3) is 10.7 Å². The van der Waals surface area contributed by atoms with E-state index in [1.165, 1.54) is 21.8 Å². The molecule has 1 aliphatic heterocycles. The van der Waals surface area contributed by atoms with Gasteiger partial charge in [-0.25, -0.2) is 4.79 Å². The van der Waals surface area contributed by atoms with E-state index in [0.29, 0.717) is 16.7 Å². The zero-order valence-corrected chi connectivity index (χ0v) is 16.5. The average molecular weight is 401 g/mol. The van der Waals surface area contributed by atoms with Gasteiger partial charge in [0.05, 0.1) is 0 Å². The van der Waals surface area contributed by atoms with E-state index in [1.54, 1.807) is 6.20 Å². The number of hydrogen-bond acceptors (Lipinski definition) is 7. The summed E-state index contributed by atoms with van der Waals surface area (Å²) < 4.78 is 0. The van der Waals surface area contributed by atoms with Crippen molar-refractivity contribution in [3.05, 3.63) is 46.3 Å². The fourth-order valence-corrected chi connectivity index (χ4v) is 4.63. The molecule has 1 atom stereocenters. The van der Waals surface area contributed by atoms with Gasteiger partial charge in [0.1, 0.15) is 5.69 Å². The lowest BCUT2D eigenvalue weighted by atomic mass is 10.1. The molecule has 0 bridgehead atoms. The molecule has 140 valence electrons. The highest BCUT2D eigenvalue weighted by atomic mass is 32.1. The zero-order valence-electron chi connectivity index (χ0n) is 14.9. The number of carbonyl (C=O) groups excluding carboxylic acids is 1. The van der Waals surface area contributed by atoms with Crippen LogP contribution >= 0.6 is 22.7 Å². The molecular formula is C18H20N6OS2. The standard InChI is InChI=1S/C18H20N6OS2/c1-12(24-8-5-15-13(11-24)6-9-26-15)10-20-17(25)21-18-23-22-16(27-18)14-4-2-3-7-19-14/h2-4,6-7,9,12H,5,8,10-11H2,1H3,(H2,20,21,23,25)/t12-/m0/s1. The first kappa shape index (κ1) is 18.0. The topological polar surface area (TPSA) is 83.0 Å². The van der Waals surface area contributed by atoms with Crippen molar-refractivity contribution >= 4 is 33.8 Å². The minimum absolute atomic E-state index is 0.265. The Morgan fingerprint density at radius 2 is 2.26 bits per heavy atom. The number of hydrogen-bond donors (Lipinski definition) is 2. The fraction of sp³-hybridized carbons (Fsp3) is 0.333. The lowest BCUT2D eigenvalue weighted by Gasteiger charge is -2.32. The van der Waals surface area contributed by atoms with Crippen LogP contribution in [-0.2, 0) is 13.0 Å². The Bertz CT molecular complexity index is 909. The molecule has 0 saturated carbocycles. The second kappa shape index (κ2) is 8.12. The molecule has 3 aromatic heterocycles. The van der Waals surface area contributed by atoms with Crippen molar-refractivity contribution in [3.8, 4) is 10.7 Å². The molecule has 4 heterocycles. The molecule has 0 spiro atoms. The molecular weight excluding hydrogens is 380 g/mol. The molecule has 27 heavy (non-hydrogen) atoms. The predicted octanol–water partition coefficient (Wildman–Crippen LogP) is 3.23. The molecule has 0 radical (unpaired) electrons. The fourth-order valence-electron chi connectivity index (χ4n) is 3.02. The molecule has 1 aliphatic rings. The van der Waals surface area contributed by atoms with Crippen molar-refractivity contribution in [2.45, 2.75) is 25.9 Å². The van der Waals surface area contributed by atoms with Crippen LogP contribution in [0.1, 0.15) is 17.4 Å². The first-order chi connectivity index (χ1) is 13.2. The van der Waals surface area contributed by atoms with Crippen LogP contribution in [-0.4, -0.2) is 45.2 Å². The summed E-state index contributed by atoms with van der Waals surface area (Å²) in [6.45, 7) is 4.70. The number of anilines is 1. The van der Waals surface area contributed by atoms with E-state index in [9.17, 15) is 4.79 Å². The highest BCUT2D eigenvalue weighted by Crippen LogP contribution is 2.25. The minimum Gasteiger partial charge on any atom is -0.336 e. The maximum Gasteiger partial charge on any atom is 0.321 e. The van der Waals surface area contributed by atoms with Gasteiger partial charge in [0, 0.05) is 36.8 Å².